The molecule has 7 heteroatoms. The molecule has 1 aromatic rings. The van der Waals surface area contributed by atoms with E-state index in [2.05, 4.69) is 10.3 Å². The number of nitrogens with zero attached hydrogens (tertiary/aromatic N) is 2. The van der Waals surface area contributed by atoms with Crippen molar-refractivity contribution in [3.05, 3.63) is 18.0 Å². The molecule has 0 aliphatic carbocycles. The summed E-state index contributed by atoms with van der Waals surface area (Å²) in [7, 11) is 2.20. The van der Waals surface area contributed by atoms with E-state index in [1.165, 1.54) is 4.31 Å². The summed E-state index contributed by atoms with van der Waals surface area (Å²) in [5.74, 6) is 0. The number of aromatic amines is 1. The largest absolute Gasteiger partial charge is 0.363 e. The van der Waals surface area contributed by atoms with Crippen LogP contribution in [0.3, 0.4) is 0 Å². The van der Waals surface area contributed by atoms with E-state index >= 15 is 0 Å². The van der Waals surface area contributed by atoms with Gasteiger partial charge in [0.15, 0.2) is 0 Å². The van der Waals surface area contributed by atoms with E-state index in [4.69, 9.17) is 0 Å². The van der Waals surface area contributed by atoms with Crippen LogP contribution in [-0.2, 0) is 16.6 Å². The Kier molecular flexibility index (Phi) is 6.67. The maximum atomic E-state index is 12.4. The van der Waals surface area contributed by atoms with Crippen LogP contribution >= 0.6 is 0 Å². The van der Waals surface area contributed by atoms with Gasteiger partial charge in [-0.2, -0.15) is 0 Å². The molecule has 2 N–H and O–H groups in total. The van der Waals surface area contributed by atoms with Gasteiger partial charge in [0.1, 0.15) is 0 Å². The van der Waals surface area contributed by atoms with Gasteiger partial charge in [0.2, 0.25) is 10.0 Å². The van der Waals surface area contributed by atoms with Gasteiger partial charge in [-0.25, -0.2) is 12.7 Å². The summed E-state index contributed by atoms with van der Waals surface area (Å²) >= 11 is 0. The lowest BCUT2D eigenvalue weighted by Gasteiger charge is -2.17. The SMILES string of the molecule is CCNCc1cc(S(=O)(=O)N(C)CCCN(C)C)c[nH]1. The first kappa shape index (κ1) is 17.2. The third-order valence-corrected chi connectivity index (χ3v) is 4.90. The third kappa shape index (κ3) is 4.90. The Bertz CT molecular complexity index is 496. The molecule has 1 heterocycles. The van der Waals surface area contributed by atoms with Crippen LogP contribution in [0.2, 0.25) is 0 Å². The Labute approximate surface area is 122 Å². The third-order valence-electron chi connectivity index (χ3n) is 3.07. The average Bonchev–Trinajstić information content (AvgIpc) is 2.85. The number of H-pyrrole nitrogens is 1. The molecule has 0 atom stereocenters. The molecule has 20 heavy (non-hydrogen) atoms. The first-order chi connectivity index (χ1) is 9.37. The highest BCUT2D eigenvalue weighted by molar-refractivity contribution is 7.89. The molecule has 0 aliphatic heterocycles. The van der Waals surface area contributed by atoms with E-state index in [-0.39, 0.29) is 0 Å². The van der Waals surface area contributed by atoms with Crippen molar-refractivity contribution in [1.82, 2.24) is 19.5 Å². The van der Waals surface area contributed by atoms with Crippen molar-refractivity contribution >= 4 is 10.0 Å². The normalized spacial score (nSPS) is 12.5. The molecule has 0 aliphatic rings. The standard InChI is InChI=1S/C13H26N4O2S/c1-5-14-10-12-9-13(11-15-12)20(18,19)17(4)8-6-7-16(2)3/h9,11,14-15H,5-8,10H2,1-4H3. The number of hydrogen-bond donors (Lipinski definition) is 2. The van der Waals surface area contributed by atoms with E-state index in [1.807, 2.05) is 25.9 Å². The lowest BCUT2D eigenvalue weighted by Crippen LogP contribution is -2.29. The summed E-state index contributed by atoms with van der Waals surface area (Å²) in [6.07, 6.45) is 2.38. The zero-order valence-corrected chi connectivity index (χ0v) is 13.6. The molecule has 0 unspecified atom stereocenters. The van der Waals surface area contributed by atoms with Gasteiger partial charge in [-0.3, -0.25) is 0 Å². The van der Waals surface area contributed by atoms with Crippen molar-refractivity contribution in [2.45, 2.75) is 24.8 Å². The Morgan fingerprint density at radius 2 is 1.95 bits per heavy atom. The van der Waals surface area contributed by atoms with Gasteiger partial charge < -0.3 is 15.2 Å². The van der Waals surface area contributed by atoms with Crippen molar-refractivity contribution in [2.24, 2.45) is 0 Å². The van der Waals surface area contributed by atoms with Gasteiger partial charge >= 0.3 is 0 Å². The van der Waals surface area contributed by atoms with Crippen LogP contribution < -0.4 is 5.32 Å². The van der Waals surface area contributed by atoms with E-state index in [9.17, 15) is 8.42 Å². The highest BCUT2D eigenvalue weighted by Crippen LogP contribution is 2.15. The van der Waals surface area contributed by atoms with Crippen LogP contribution in [0.5, 0.6) is 0 Å². The molecule has 0 radical (unpaired) electrons. The minimum absolute atomic E-state index is 0.331. The summed E-state index contributed by atoms with van der Waals surface area (Å²) in [6, 6.07) is 1.69. The van der Waals surface area contributed by atoms with Crippen LogP contribution in [0.1, 0.15) is 19.0 Å². The second-order valence-electron chi connectivity index (χ2n) is 5.12. The number of sulfonamides is 1. The fourth-order valence-corrected chi connectivity index (χ4v) is 3.07. The Balaban J connectivity index is 2.64. The number of rotatable bonds is 9. The molecule has 116 valence electrons. The topological polar surface area (TPSA) is 68.4 Å². The first-order valence-corrected chi connectivity index (χ1v) is 8.31. The van der Waals surface area contributed by atoms with Crippen molar-refractivity contribution in [2.75, 3.05) is 40.8 Å². The Morgan fingerprint density at radius 3 is 2.55 bits per heavy atom. The van der Waals surface area contributed by atoms with Crippen LogP contribution in [0.15, 0.2) is 17.2 Å². The fraction of sp³-hybridized carbons (Fsp3) is 0.692. The minimum atomic E-state index is -3.39. The van der Waals surface area contributed by atoms with Crippen LogP contribution in [-0.4, -0.2) is 63.4 Å². The Morgan fingerprint density at radius 1 is 1.25 bits per heavy atom. The van der Waals surface area contributed by atoms with Gasteiger partial charge in [0, 0.05) is 32.0 Å². The zero-order chi connectivity index (χ0) is 15.2. The fourth-order valence-electron chi connectivity index (χ4n) is 1.84. The van der Waals surface area contributed by atoms with E-state index in [0.29, 0.717) is 18.0 Å². The monoisotopic (exact) mass is 302 g/mol. The summed E-state index contributed by atoms with van der Waals surface area (Å²) in [6.45, 7) is 4.91. The quantitative estimate of drug-likeness (QED) is 0.704. The molecule has 1 rings (SSSR count). The van der Waals surface area contributed by atoms with E-state index < -0.39 is 10.0 Å². The van der Waals surface area contributed by atoms with Gasteiger partial charge in [0.25, 0.3) is 0 Å². The average molecular weight is 302 g/mol. The molecule has 0 saturated carbocycles. The van der Waals surface area contributed by atoms with Gasteiger partial charge in [-0.15, -0.1) is 0 Å². The molecule has 0 saturated heterocycles. The van der Waals surface area contributed by atoms with E-state index in [0.717, 1.165) is 25.2 Å². The molecule has 1 aromatic heterocycles. The van der Waals surface area contributed by atoms with Crippen molar-refractivity contribution in [3.63, 3.8) is 0 Å². The molecule has 6 nitrogen and oxygen atoms in total. The predicted octanol–water partition coefficient (Wildman–Crippen LogP) is 0.696. The second kappa shape index (κ2) is 7.78. The summed E-state index contributed by atoms with van der Waals surface area (Å²) < 4.78 is 26.1. The highest BCUT2D eigenvalue weighted by atomic mass is 32.2. The van der Waals surface area contributed by atoms with Gasteiger partial charge in [-0.05, 0) is 39.7 Å². The van der Waals surface area contributed by atoms with Crippen molar-refractivity contribution in [1.29, 1.82) is 0 Å². The molecule has 0 bridgehead atoms. The number of nitrogens with one attached hydrogen (secondary N) is 2. The molecular weight excluding hydrogens is 276 g/mol. The van der Waals surface area contributed by atoms with Gasteiger partial charge in [-0.1, -0.05) is 6.92 Å². The van der Waals surface area contributed by atoms with Crippen LogP contribution in [0.4, 0.5) is 0 Å². The smallest absolute Gasteiger partial charge is 0.244 e. The lowest BCUT2D eigenvalue weighted by atomic mass is 10.4. The van der Waals surface area contributed by atoms with Gasteiger partial charge in [0.05, 0.1) is 4.90 Å². The second-order valence-corrected chi connectivity index (χ2v) is 7.17. The zero-order valence-electron chi connectivity index (χ0n) is 12.8. The van der Waals surface area contributed by atoms with Crippen LogP contribution in [0, 0.1) is 0 Å². The minimum Gasteiger partial charge on any atom is -0.363 e. The maximum Gasteiger partial charge on any atom is 0.244 e. The Hall–Kier alpha value is -0.890. The summed E-state index contributed by atoms with van der Waals surface area (Å²) in [4.78, 5) is 5.38. The highest BCUT2D eigenvalue weighted by Gasteiger charge is 2.21. The predicted molar refractivity (Wildman–Crippen MR) is 81.2 cm³/mol. The van der Waals surface area contributed by atoms with Crippen molar-refractivity contribution < 1.29 is 8.42 Å². The first-order valence-electron chi connectivity index (χ1n) is 6.87. The number of aromatic nitrogens is 1. The van der Waals surface area contributed by atoms with E-state index in [1.54, 1.807) is 19.3 Å². The van der Waals surface area contributed by atoms with Crippen molar-refractivity contribution in [3.8, 4) is 0 Å². The summed E-state index contributed by atoms with van der Waals surface area (Å²) in [5.41, 5.74) is 0.882. The molecular formula is C13H26N4O2S. The molecule has 0 aromatic carbocycles. The summed E-state index contributed by atoms with van der Waals surface area (Å²) in [5, 5.41) is 3.16. The maximum absolute atomic E-state index is 12.4. The molecule has 0 spiro atoms. The molecule has 0 fully saturated rings. The number of hydrogen-bond acceptors (Lipinski definition) is 4. The lowest BCUT2D eigenvalue weighted by molar-refractivity contribution is 0.370. The molecule has 0 amide bonds. The van der Waals surface area contributed by atoms with Crippen LogP contribution in [0.25, 0.3) is 0 Å².